The van der Waals surface area contributed by atoms with Crippen molar-refractivity contribution in [1.29, 1.82) is 0 Å². The van der Waals surface area contributed by atoms with E-state index in [1.807, 2.05) is 13.0 Å². The Bertz CT molecular complexity index is 417. The summed E-state index contributed by atoms with van der Waals surface area (Å²) in [5, 5.41) is 20.4. The number of aryl methyl sites for hydroxylation is 1. The summed E-state index contributed by atoms with van der Waals surface area (Å²) in [5.74, 6) is 0.781. The first-order valence-corrected chi connectivity index (χ1v) is 6.53. The Hall–Kier alpha value is -1.02. The van der Waals surface area contributed by atoms with Crippen molar-refractivity contribution in [3.8, 4) is 5.75 Å². The number of aromatic hydroxyl groups is 1. The van der Waals surface area contributed by atoms with Gasteiger partial charge >= 0.3 is 0 Å². The van der Waals surface area contributed by atoms with Crippen molar-refractivity contribution in [2.75, 3.05) is 0 Å². The molecule has 17 heavy (non-hydrogen) atoms. The van der Waals surface area contributed by atoms with Crippen molar-refractivity contribution >= 4 is 0 Å². The zero-order chi connectivity index (χ0) is 12.6. The average Bonchev–Trinajstić information content (AvgIpc) is 2.99. The Morgan fingerprint density at radius 2 is 1.94 bits per heavy atom. The molecular formula is C15H22O2. The van der Waals surface area contributed by atoms with E-state index >= 15 is 0 Å². The van der Waals surface area contributed by atoms with Gasteiger partial charge in [0.2, 0.25) is 0 Å². The van der Waals surface area contributed by atoms with Gasteiger partial charge in [0.05, 0.1) is 5.60 Å². The van der Waals surface area contributed by atoms with E-state index in [2.05, 4.69) is 19.9 Å². The van der Waals surface area contributed by atoms with Crippen LogP contribution in [0.15, 0.2) is 12.1 Å². The van der Waals surface area contributed by atoms with E-state index in [9.17, 15) is 10.2 Å². The van der Waals surface area contributed by atoms with Crippen LogP contribution >= 0.6 is 0 Å². The molecule has 0 bridgehead atoms. The van der Waals surface area contributed by atoms with Gasteiger partial charge in [0, 0.05) is 12.0 Å². The summed E-state index contributed by atoms with van der Waals surface area (Å²) < 4.78 is 0. The molecule has 1 saturated carbocycles. The number of rotatable bonds is 4. The molecule has 0 amide bonds. The third kappa shape index (κ3) is 2.47. The molecule has 2 N–H and O–H groups in total. The molecule has 1 fully saturated rings. The summed E-state index contributed by atoms with van der Waals surface area (Å²) in [4.78, 5) is 0. The van der Waals surface area contributed by atoms with Gasteiger partial charge in [0.1, 0.15) is 5.75 Å². The molecule has 0 radical (unpaired) electrons. The maximum Gasteiger partial charge on any atom is 0.122 e. The maximum atomic E-state index is 10.3. The number of phenols is 1. The summed E-state index contributed by atoms with van der Waals surface area (Å²) in [5.41, 5.74) is 2.56. The molecule has 0 spiro atoms. The van der Waals surface area contributed by atoms with Crippen LogP contribution in [0.4, 0.5) is 0 Å². The van der Waals surface area contributed by atoms with E-state index in [4.69, 9.17) is 0 Å². The molecule has 0 saturated heterocycles. The predicted molar refractivity (Wildman–Crippen MR) is 69.5 cm³/mol. The molecule has 2 rings (SSSR count). The predicted octanol–water partition coefficient (Wildman–Crippen LogP) is 3.15. The summed E-state index contributed by atoms with van der Waals surface area (Å²) in [6, 6.07) is 4.11. The molecule has 0 atom stereocenters. The van der Waals surface area contributed by atoms with Crippen molar-refractivity contribution < 1.29 is 10.2 Å². The highest BCUT2D eigenvalue weighted by atomic mass is 16.3. The van der Waals surface area contributed by atoms with Crippen molar-refractivity contribution in [2.24, 2.45) is 0 Å². The smallest absolute Gasteiger partial charge is 0.122 e. The zero-order valence-corrected chi connectivity index (χ0v) is 11.0. The lowest BCUT2D eigenvalue weighted by Crippen LogP contribution is -2.13. The van der Waals surface area contributed by atoms with Gasteiger partial charge in [-0.3, -0.25) is 0 Å². The Labute approximate surface area is 103 Å². The normalized spacial score (nSPS) is 17.5. The molecular weight excluding hydrogens is 212 g/mol. The van der Waals surface area contributed by atoms with Gasteiger partial charge in [0.25, 0.3) is 0 Å². The molecule has 0 unspecified atom stereocenters. The zero-order valence-electron chi connectivity index (χ0n) is 11.0. The van der Waals surface area contributed by atoms with Gasteiger partial charge in [-0.15, -0.1) is 0 Å². The highest BCUT2D eigenvalue weighted by Crippen LogP contribution is 2.42. The maximum absolute atomic E-state index is 10.3. The summed E-state index contributed by atoms with van der Waals surface area (Å²) >= 11 is 0. The van der Waals surface area contributed by atoms with Crippen molar-refractivity contribution in [1.82, 2.24) is 0 Å². The fraction of sp³-hybridized carbons (Fsp3) is 0.600. The number of aliphatic hydroxyl groups is 1. The molecule has 0 aliphatic heterocycles. The van der Waals surface area contributed by atoms with Gasteiger partial charge in [-0.25, -0.2) is 0 Å². The van der Waals surface area contributed by atoms with Crippen molar-refractivity contribution in [2.45, 2.75) is 58.0 Å². The van der Waals surface area contributed by atoms with E-state index in [0.29, 0.717) is 18.1 Å². The Balaban J connectivity index is 2.43. The lowest BCUT2D eigenvalue weighted by Gasteiger charge is -2.19. The molecule has 1 aliphatic carbocycles. The van der Waals surface area contributed by atoms with Crippen molar-refractivity contribution in [3.63, 3.8) is 0 Å². The second kappa shape index (κ2) is 4.34. The summed E-state index contributed by atoms with van der Waals surface area (Å²) in [7, 11) is 0. The second-order valence-corrected chi connectivity index (χ2v) is 5.55. The second-order valence-electron chi connectivity index (χ2n) is 5.55. The van der Waals surface area contributed by atoms with Crippen LogP contribution in [-0.2, 0) is 12.8 Å². The van der Waals surface area contributed by atoms with Crippen LogP contribution in [0.5, 0.6) is 5.75 Å². The minimum atomic E-state index is -0.548. The van der Waals surface area contributed by atoms with Crippen LogP contribution in [0.1, 0.15) is 56.2 Å². The number of hydrogen-bond acceptors (Lipinski definition) is 2. The monoisotopic (exact) mass is 234 g/mol. The summed E-state index contributed by atoms with van der Waals surface area (Å²) in [6.07, 6.45) is 3.15. The Morgan fingerprint density at radius 3 is 2.41 bits per heavy atom. The number of hydrogen-bond donors (Lipinski definition) is 2. The van der Waals surface area contributed by atoms with Crippen molar-refractivity contribution in [3.05, 3.63) is 28.8 Å². The molecule has 1 aliphatic rings. The van der Waals surface area contributed by atoms with Crippen LogP contribution in [0, 0.1) is 0 Å². The van der Waals surface area contributed by atoms with E-state index in [1.165, 1.54) is 5.56 Å². The molecule has 1 aromatic rings. The van der Waals surface area contributed by atoms with Gasteiger partial charge in [-0.2, -0.15) is 0 Å². The molecule has 0 aromatic heterocycles. The highest BCUT2D eigenvalue weighted by molar-refractivity contribution is 5.48. The van der Waals surface area contributed by atoms with E-state index in [-0.39, 0.29) is 0 Å². The van der Waals surface area contributed by atoms with Crippen LogP contribution in [0.25, 0.3) is 0 Å². The first kappa shape index (κ1) is 12.4. The molecule has 0 heterocycles. The molecule has 1 aromatic carbocycles. The molecule has 2 nitrogen and oxygen atoms in total. The third-order valence-electron chi connectivity index (χ3n) is 3.74. The van der Waals surface area contributed by atoms with Crippen LogP contribution in [0.3, 0.4) is 0 Å². The fourth-order valence-electron chi connectivity index (χ4n) is 2.36. The minimum Gasteiger partial charge on any atom is -0.507 e. The van der Waals surface area contributed by atoms with E-state index < -0.39 is 5.60 Å². The standard InChI is InChI=1S/C15H22O2/c1-4-11-5-6-12(10(2)3)13(14(11)16)9-15(17)7-8-15/h5-6,10,16-17H,4,7-9H2,1-3H3. The van der Waals surface area contributed by atoms with Crippen LogP contribution in [-0.4, -0.2) is 15.8 Å². The topological polar surface area (TPSA) is 40.5 Å². The lowest BCUT2D eigenvalue weighted by molar-refractivity contribution is 0.149. The largest absolute Gasteiger partial charge is 0.507 e. The molecule has 94 valence electrons. The fourth-order valence-corrected chi connectivity index (χ4v) is 2.36. The quantitative estimate of drug-likeness (QED) is 0.840. The Kier molecular flexibility index (Phi) is 3.17. The third-order valence-corrected chi connectivity index (χ3v) is 3.74. The average molecular weight is 234 g/mol. The van der Waals surface area contributed by atoms with Gasteiger partial charge in [-0.1, -0.05) is 32.9 Å². The first-order chi connectivity index (χ1) is 7.97. The molecule has 2 heteroatoms. The highest BCUT2D eigenvalue weighted by Gasteiger charge is 2.41. The number of phenolic OH excluding ortho intramolecular Hbond substituents is 1. The van der Waals surface area contributed by atoms with Gasteiger partial charge < -0.3 is 10.2 Å². The Morgan fingerprint density at radius 1 is 1.29 bits per heavy atom. The summed E-state index contributed by atoms with van der Waals surface area (Å²) in [6.45, 7) is 6.29. The number of benzene rings is 1. The van der Waals surface area contributed by atoms with Gasteiger partial charge in [0.15, 0.2) is 0 Å². The lowest BCUT2D eigenvalue weighted by atomic mass is 9.90. The van der Waals surface area contributed by atoms with E-state index in [1.54, 1.807) is 0 Å². The SMILES string of the molecule is CCc1ccc(C(C)C)c(CC2(O)CC2)c1O. The van der Waals surface area contributed by atoms with E-state index in [0.717, 1.165) is 30.4 Å². The first-order valence-electron chi connectivity index (χ1n) is 6.53. The van der Waals surface area contributed by atoms with Gasteiger partial charge in [-0.05, 0) is 36.3 Å². The minimum absolute atomic E-state index is 0.379. The van der Waals surface area contributed by atoms with Crippen LogP contribution < -0.4 is 0 Å². The van der Waals surface area contributed by atoms with Crippen LogP contribution in [0.2, 0.25) is 0 Å².